The summed E-state index contributed by atoms with van der Waals surface area (Å²) in [5, 5.41) is 12.9. The number of hydrogen-bond donors (Lipinski definition) is 2. The highest BCUT2D eigenvalue weighted by molar-refractivity contribution is 5.79. The van der Waals surface area contributed by atoms with Crippen LogP contribution < -0.4 is 10.1 Å². The van der Waals surface area contributed by atoms with Crippen molar-refractivity contribution in [2.75, 3.05) is 13.2 Å². The predicted octanol–water partition coefficient (Wildman–Crippen LogP) is 6.52. The summed E-state index contributed by atoms with van der Waals surface area (Å²) in [7, 11) is 0. The van der Waals surface area contributed by atoms with Crippen LogP contribution in [0.2, 0.25) is 0 Å². The van der Waals surface area contributed by atoms with Crippen molar-refractivity contribution in [1.29, 1.82) is 0 Å². The lowest BCUT2D eigenvalue weighted by molar-refractivity contribution is 0.144. The molecule has 0 radical (unpaired) electrons. The van der Waals surface area contributed by atoms with Crippen LogP contribution in [0.5, 0.6) is 11.5 Å². The average Bonchev–Trinajstić information content (AvgIpc) is 3.24. The second-order valence-electron chi connectivity index (χ2n) is 8.61. The Balaban J connectivity index is 1.13. The standard InChI is InChI=1S/C31H27NO4/c33-29-17-16-22(19-30(29)35-20-23-9-2-1-3-10-23)11-8-18-32-31(34)36-21-28-26-14-6-4-12-24(26)25-13-5-7-15-27(25)28/h1-17,19,28,33H,18,20-21H2,(H,32,34). The molecule has 5 heteroatoms. The van der Waals surface area contributed by atoms with Gasteiger partial charge in [-0.15, -0.1) is 0 Å². The first-order valence-corrected chi connectivity index (χ1v) is 11.9. The maximum Gasteiger partial charge on any atom is 0.407 e. The molecule has 36 heavy (non-hydrogen) atoms. The Labute approximate surface area is 210 Å². The van der Waals surface area contributed by atoms with Crippen LogP contribution in [0.25, 0.3) is 17.2 Å². The number of phenolic OH excluding ortho intramolecular Hbond substituents is 1. The van der Waals surface area contributed by atoms with Crippen molar-refractivity contribution in [3.8, 4) is 22.6 Å². The molecule has 0 unspecified atom stereocenters. The van der Waals surface area contributed by atoms with Crippen molar-refractivity contribution < 1.29 is 19.4 Å². The summed E-state index contributed by atoms with van der Waals surface area (Å²) in [5.74, 6) is 0.523. The van der Waals surface area contributed by atoms with Gasteiger partial charge in [0.15, 0.2) is 11.5 Å². The Morgan fingerprint density at radius 1 is 0.861 bits per heavy atom. The first kappa shape index (κ1) is 23.2. The minimum atomic E-state index is -0.459. The van der Waals surface area contributed by atoms with E-state index in [2.05, 4.69) is 29.6 Å². The van der Waals surface area contributed by atoms with E-state index in [1.165, 1.54) is 22.3 Å². The van der Waals surface area contributed by atoms with Gasteiger partial charge in [-0.05, 0) is 45.5 Å². The van der Waals surface area contributed by atoms with E-state index < -0.39 is 6.09 Å². The molecule has 5 rings (SSSR count). The smallest absolute Gasteiger partial charge is 0.407 e. The molecule has 0 saturated heterocycles. The zero-order valence-corrected chi connectivity index (χ0v) is 19.8. The lowest BCUT2D eigenvalue weighted by Gasteiger charge is -2.14. The minimum absolute atomic E-state index is 0.0324. The predicted molar refractivity (Wildman–Crippen MR) is 141 cm³/mol. The van der Waals surface area contributed by atoms with Gasteiger partial charge in [0.05, 0.1) is 0 Å². The quantitative estimate of drug-likeness (QED) is 0.303. The Morgan fingerprint density at radius 2 is 1.53 bits per heavy atom. The molecule has 180 valence electrons. The second-order valence-corrected chi connectivity index (χ2v) is 8.61. The number of phenols is 1. The maximum absolute atomic E-state index is 12.3. The van der Waals surface area contributed by atoms with Gasteiger partial charge in [-0.2, -0.15) is 0 Å². The van der Waals surface area contributed by atoms with Crippen molar-refractivity contribution >= 4 is 12.2 Å². The first-order chi connectivity index (χ1) is 17.7. The van der Waals surface area contributed by atoms with Crippen molar-refractivity contribution in [2.45, 2.75) is 12.5 Å². The van der Waals surface area contributed by atoms with Gasteiger partial charge in [0, 0.05) is 12.5 Å². The molecule has 0 bridgehead atoms. The van der Waals surface area contributed by atoms with Crippen LogP contribution in [-0.2, 0) is 11.3 Å². The monoisotopic (exact) mass is 477 g/mol. The van der Waals surface area contributed by atoms with Crippen LogP contribution in [0.1, 0.15) is 28.2 Å². The van der Waals surface area contributed by atoms with Crippen molar-refractivity contribution in [3.63, 3.8) is 0 Å². The zero-order chi connectivity index (χ0) is 24.7. The van der Waals surface area contributed by atoms with Crippen LogP contribution >= 0.6 is 0 Å². The number of carbonyl (C=O) groups is 1. The minimum Gasteiger partial charge on any atom is -0.504 e. The number of aromatic hydroxyl groups is 1. The van der Waals surface area contributed by atoms with Gasteiger partial charge in [0.1, 0.15) is 13.2 Å². The number of fused-ring (bicyclic) bond motifs is 3. The van der Waals surface area contributed by atoms with Crippen LogP contribution in [0.15, 0.2) is 103 Å². The van der Waals surface area contributed by atoms with E-state index in [1.807, 2.05) is 66.7 Å². The molecular weight excluding hydrogens is 450 g/mol. The van der Waals surface area contributed by atoms with Crippen molar-refractivity contribution in [3.05, 3.63) is 125 Å². The molecule has 2 N–H and O–H groups in total. The van der Waals surface area contributed by atoms with Crippen molar-refractivity contribution in [1.82, 2.24) is 5.32 Å². The van der Waals surface area contributed by atoms with E-state index in [0.29, 0.717) is 18.9 Å². The number of benzene rings is 4. The van der Waals surface area contributed by atoms with E-state index in [-0.39, 0.29) is 18.3 Å². The molecule has 1 aliphatic carbocycles. The van der Waals surface area contributed by atoms with Gasteiger partial charge < -0.3 is 19.9 Å². The topological polar surface area (TPSA) is 67.8 Å². The summed E-state index contributed by atoms with van der Waals surface area (Å²) in [4.78, 5) is 12.3. The van der Waals surface area contributed by atoms with Crippen molar-refractivity contribution in [2.24, 2.45) is 0 Å². The van der Waals surface area contributed by atoms with E-state index >= 15 is 0 Å². The summed E-state index contributed by atoms with van der Waals surface area (Å²) in [5.41, 5.74) is 6.64. The third-order valence-electron chi connectivity index (χ3n) is 6.24. The number of ether oxygens (including phenoxy) is 2. The van der Waals surface area contributed by atoms with Gasteiger partial charge in [-0.25, -0.2) is 4.79 Å². The fraction of sp³-hybridized carbons (Fsp3) is 0.129. The normalized spacial score (nSPS) is 12.2. The van der Waals surface area contributed by atoms with Gasteiger partial charge in [-0.3, -0.25) is 0 Å². The lowest BCUT2D eigenvalue weighted by Crippen LogP contribution is -2.26. The largest absolute Gasteiger partial charge is 0.504 e. The van der Waals surface area contributed by atoms with E-state index in [9.17, 15) is 9.90 Å². The summed E-state index contributed by atoms with van der Waals surface area (Å²) in [6.07, 6.45) is 3.23. The lowest BCUT2D eigenvalue weighted by atomic mass is 9.98. The van der Waals surface area contributed by atoms with Gasteiger partial charge in [-0.1, -0.05) is 97.1 Å². The van der Waals surface area contributed by atoms with Crippen LogP contribution in [0.4, 0.5) is 4.79 Å². The Morgan fingerprint density at radius 3 is 2.25 bits per heavy atom. The van der Waals surface area contributed by atoms with Gasteiger partial charge >= 0.3 is 6.09 Å². The molecule has 5 nitrogen and oxygen atoms in total. The molecule has 1 aliphatic rings. The molecule has 0 saturated carbocycles. The Kier molecular flexibility index (Phi) is 6.99. The van der Waals surface area contributed by atoms with Crippen LogP contribution in [0.3, 0.4) is 0 Å². The highest BCUT2D eigenvalue weighted by Crippen LogP contribution is 2.44. The average molecular weight is 478 g/mol. The van der Waals surface area contributed by atoms with Crippen LogP contribution in [-0.4, -0.2) is 24.4 Å². The van der Waals surface area contributed by atoms with Gasteiger partial charge in [0.2, 0.25) is 0 Å². The molecule has 4 aromatic rings. The van der Waals surface area contributed by atoms with E-state index in [1.54, 1.807) is 18.2 Å². The third kappa shape index (κ3) is 5.26. The number of hydrogen-bond acceptors (Lipinski definition) is 4. The fourth-order valence-electron chi connectivity index (χ4n) is 4.47. The highest BCUT2D eigenvalue weighted by atomic mass is 16.5. The zero-order valence-electron chi connectivity index (χ0n) is 19.8. The first-order valence-electron chi connectivity index (χ1n) is 11.9. The summed E-state index contributed by atoms with van der Waals surface area (Å²) in [6, 6.07) is 31.4. The summed E-state index contributed by atoms with van der Waals surface area (Å²) in [6.45, 7) is 0.965. The fourth-order valence-corrected chi connectivity index (χ4v) is 4.47. The van der Waals surface area contributed by atoms with Gasteiger partial charge in [0.25, 0.3) is 0 Å². The highest BCUT2D eigenvalue weighted by Gasteiger charge is 2.28. The number of rotatable bonds is 8. The molecule has 0 heterocycles. The second kappa shape index (κ2) is 10.8. The number of nitrogens with one attached hydrogen (secondary N) is 1. The molecule has 0 atom stereocenters. The van der Waals surface area contributed by atoms with E-state index in [0.717, 1.165) is 11.1 Å². The summed E-state index contributed by atoms with van der Waals surface area (Å²) >= 11 is 0. The number of alkyl carbamates (subject to hydrolysis) is 1. The Hall–Kier alpha value is -4.51. The van der Waals surface area contributed by atoms with E-state index in [4.69, 9.17) is 9.47 Å². The molecule has 4 aromatic carbocycles. The number of amides is 1. The molecular formula is C31H27NO4. The molecule has 0 fully saturated rings. The maximum atomic E-state index is 12.3. The summed E-state index contributed by atoms with van der Waals surface area (Å²) < 4.78 is 11.3. The van der Waals surface area contributed by atoms with Crippen LogP contribution in [0, 0.1) is 0 Å². The Bertz CT molecular complexity index is 1330. The molecule has 1 amide bonds. The SMILES string of the molecule is O=C(NCC=Cc1ccc(O)c(OCc2ccccc2)c1)OCC1c2ccccc2-c2ccccc21. The third-order valence-corrected chi connectivity index (χ3v) is 6.24. The number of carbonyl (C=O) groups excluding carboxylic acids is 1. The molecule has 0 spiro atoms. The molecule has 0 aromatic heterocycles. The molecule has 0 aliphatic heterocycles.